The zero-order valence-electron chi connectivity index (χ0n) is 10.0. The van der Waals surface area contributed by atoms with E-state index >= 15 is 0 Å². The highest BCUT2D eigenvalue weighted by molar-refractivity contribution is 7.89. The second kappa shape index (κ2) is 5.16. The van der Waals surface area contributed by atoms with Gasteiger partial charge < -0.3 is 10.7 Å². The highest BCUT2D eigenvalue weighted by atomic mass is 35.5. The molecule has 0 amide bonds. The number of sulfonamides is 1. The summed E-state index contributed by atoms with van der Waals surface area (Å²) in [5.41, 5.74) is 5.45. The van der Waals surface area contributed by atoms with Crippen molar-refractivity contribution in [3.8, 4) is 0 Å². The molecule has 9 heteroatoms. The van der Waals surface area contributed by atoms with Gasteiger partial charge in [-0.3, -0.25) is 0 Å². The van der Waals surface area contributed by atoms with Crippen molar-refractivity contribution in [2.75, 3.05) is 12.8 Å². The Bertz CT molecular complexity index is 671. The Morgan fingerprint density at radius 2 is 2.21 bits per heavy atom. The lowest BCUT2D eigenvalue weighted by Gasteiger charge is -2.16. The third-order valence-electron chi connectivity index (χ3n) is 2.48. The summed E-state index contributed by atoms with van der Waals surface area (Å²) in [6, 6.07) is 1.28. The number of H-pyrrole nitrogens is 1. The summed E-state index contributed by atoms with van der Waals surface area (Å²) in [7, 11) is -2.24. The molecule has 2 aromatic rings. The van der Waals surface area contributed by atoms with Crippen LogP contribution in [-0.4, -0.2) is 34.7 Å². The number of aromatic amines is 1. The van der Waals surface area contributed by atoms with Crippen molar-refractivity contribution >= 4 is 27.4 Å². The molecular formula is C10H12ClN5O2S. The molecule has 0 atom stereocenters. The largest absolute Gasteiger partial charge is 0.382 e. The van der Waals surface area contributed by atoms with E-state index in [0.717, 1.165) is 4.31 Å². The second-order valence-electron chi connectivity index (χ2n) is 3.84. The molecule has 0 saturated carbocycles. The topological polar surface area (TPSA) is 105 Å². The number of imidazole rings is 1. The molecule has 0 saturated heterocycles. The first kappa shape index (κ1) is 13.8. The maximum absolute atomic E-state index is 12.3. The van der Waals surface area contributed by atoms with Gasteiger partial charge in [0.1, 0.15) is 16.5 Å². The van der Waals surface area contributed by atoms with Crippen molar-refractivity contribution in [2.45, 2.75) is 11.4 Å². The molecule has 0 aliphatic rings. The normalized spacial score (nSPS) is 11.9. The molecule has 2 rings (SSSR count). The number of nitrogens with one attached hydrogen (secondary N) is 1. The molecule has 102 valence electrons. The third-order valence-corrected chi connectivity index (χ3v) is 4.55. The predicted molar refractivity (Wildman–Crippen MR) is 70.9 cm³/mol. The Morgan fingerprint density at radius 1 is 1.47 bits per heavy atom. The summed E-state index contributed by atoms with van der Waals surface area (Å²) in [5, 5.41) is 0.104. The summed E-state index contributed by atoms with van der Waals surface area (Å²) >= 11 is 5.78. The lowest BCUT2D eigenvalue weighted by Crippen LogP contribution is -2.27. The van der Waals surface area contributed by atoms with Gasteiger partial charge in [0.25, 0.3) is 0 Å². The van der Waals surface area contributed by atoms with E-state index in [1.165, 1.54) is 19.3 Å². The van der Waals surface area contributed by atoms with Gasteiger partial charge in [0, 0.05) is 25.6 Å². The van der Waals surface area contributed by atoms with Crippen LogP contribution < -0.4 is 5.73 Å². The Morgan fingerprint density at radius 3 is 2.79 bits per heavy atom. The monoisotopic (exact) mass is 301 g/mol. The fourth-order valence-corrected chi connectivity index (χ4v) is 2.77. The minimum absolute atomic E-state index is 0.0132. The van der Waals surface area contributed by atoms with E-state index in [2.05, 4.69) is 15.0 Å². The fraction of sp³-hybridized carbons (Fsp3) is 0.200. The van der Waals surface area contributed by atoms with E-state index in [4.69, 9.17) is 17.3 Å². The number of nitrogens with zero attached hydrogens (tertiary/aromatic N) is 3. The number of anilines is 1. The van der Waals surface area contributed by atoms with Gasteiger partial charge in [-0.05, 0) is 6.07 Å². The molecule has 0 unspecified atom stereocenters. The van der Waals surface area contributed by atoms with Crippen LogP contribution in [0.2, 0.25) is 5.02 Å². The second-order valence-corrected chi connectivity index (χ2v) is 6.29. The van der Waals surface area contributed by atoms with Crippen molar-refractivity contribution in [2.24, 2.45) is 0 Å². The zero-order valence-corrected chi connectivity index (χ0v) is 11.6. The Labute approximate surface area is 115 Å². The number of hydrogen-bond acceptors (Lipinski definition) is 5. The maximum Gasteiger partial charge on any atom is 0.244 e. The summed E-state index contributed by atoms with van der Waals surface area (Å²) in [5.74, 6) is 0.634. The van der Waals surface area contributed by atoms with E-state index in [0.29, 0.717) is 5.82 Å². The highest BCUT2D eigenvalue weighted by Gasteiger charge is 2.22. The van der Waals surface area contributed by atoms with Gasteiger partial charge in [-0.1, -0.05) is 11.6 Å². The van der Waals surface area contributed by atoms with Gasteiger partial charge in [0.05, 0.1) is 11.6 Å². The van der Waals surface area contributed by atoms with E-state index < -0.39 is 10.0 Å². The lowest BCUT2D eigenvalue weighted by atomic mass is 10.5. The SMILES string of the molecule is CN(Cc1ncc[nH]1)S(=O)(=O)c1cnc(N)c(Cl)c1. The smallest absolute Gasteiger partial charge is 0.244 e. The van der Waals surface area contributed by atoms with Crippen LogP contribution in [0.5, 0.6) is 0 Å². The number of nitrogen functional groups attached to an aromatic ring is 1. The Balaban J connectivity index is 2.28. The van der Waals surface area contributed by atoms with Crippen LogP contribution in [0.15, 0.2) is 29.6 Å². The van der Waals surface area contributed by atoms with Crippen molar-refractivity contribution in [1.29, 1.82) is 0 Å². The van der Waals surface area contributed by atoms with Gasteiger partial charge >= 0.3 is 0 Å². The summed E-state index contributed by atoms with van der Waals surface area (Å²) in [6.07, 6.45) is 4.35. The fourth-order valence-electron chi connectivity index (χ4n) is 1.43. The van der Waals surface area contributed by atoms with Gasteiger partial charge in [-0.25, -0.2) is 18.4 Å². The molecule has 7 nitrogen and oxygen atoms in total. The molecule has 2 heterocycles. The first-order chi connectivity index (χ1) is 8.91. The highest BCUT2D eigenvalue weighted by Crippen LogP contribution is 2.22. The van der Waals surface area contributed by atoms with Gasteiger partial charge in [-0.2, -0.15) is 4.31 Å². The van der Waals surface area contributed by atoms with Crippen LogP contribution >= 0.6 is 11.6 Å². The standard InChI is InChI=1S/C10H12ClN5O2S/c1-16(6-9-13-2-3-14-9)19(17,18)7-4-8(11)10(12)15-5-7/h2-5H,6H2,1H3,(H2,12,15)(H,13,14). The number of halogens is 1. The minimum Gasteiger partial charge on any atom is -0.382 e. The lowest BCUT2D eigenvalue weighted by molar-refractivity contribution is 0.458. The number of nitrogens with two attached hydrogens (primary N) is 1. The van der Waals surface area contributed by atoms with Crippen molar-refractivity contribution in [1.82, 2.24) is 19.3 Å². The predicted octanol–water partition coefficient (Wildman–Crippen LogP) is 0.861. The molecule has 2 aromatic heterocycles. The molecule has 0 spiro atoms. The van der Waals surface area contributed by atoms with Gasteiger partial charge in [-0.15, -0.1) is 0 Å². The maximum atomic E-state index is 12.3. The van der Waals surface area contributed by atoms with E-state index in [-0.39, 0.29) is 22.3 Å². The first-order valence-electron chi connectivity index (χ1n) is 5.27. The molecule has 0 radical (unpaired) electrons. The van der Waals surface area contributed by atoms with Crippen LogP contribution in [0.4, 0.5) is 5.82 Å². The Kier molecular flexibility index (Phi) is 3.74. The van der Waals surface area contributed by atoms with E-state index in [9.17, 15) is 8.42 Å². The number of hydrogen-bond donors (Lipinski definition) is 2. The van der Waals surface area contributed by atoms with Gasteiger partial charge in [0.2, 0.25) is 10.0 Å². The summed E-state index contributed by atoms with van der Waals surface area (Å²) in [6.45, 7) is 0.122. The van der Waals surface area contributed by atoms with Crippen LogP contribution in [0.1, 0.15) is 5.82 Å². The van der Waals surface area contributed by atoms with Crippen LogP contribution in [-0.2, 0) is 16.6 Å². The number of aromatic nitrogens is 3. The molecule has 0 bridgehead atoms. The van der Waals surface area contributed by atoms with Crippen molar-refractivity contribution < 1.29 is 8.42 Å². The average Bonchev–Trinajstić information content (AvgIpc) is 2.85. The van der Waals surface area contributed by atoms with Crippen LogP contribution in [0, 0.1) is 0 Å². The molecular weight excluding hydrogens is 290 g/mol. The molecule has 19 heavy (non-hydrogen) atoms. The molecule has 3 N–H and O–H groups in total. The van der Waals surface area contributed by atoms with Crippen molar-refractivity contribution in [3.63, 3.8) is 0 Å². The zero-order chi connectivity index (χ0) is 14.0. The molecule has 0 fully saturated rings. The third kappa shape index (κ3) is 2.86. The van der Waals surface area contributed by atoms with E-state index in [1.54, 1.807) is 12.4 Å². The van der Waals surface area contributed by atoms with Crippen LogP contribution in [0.25, 0.3) is 0 Å². The van der Waals surface area contributed by atoms with Crippen LogP contribution in [0.3, 0.4) is 0 Å². The average molecular weight is 302 g/mol. The Hall–Kier alpha value is -1.64. The van der Waals surface area contributed by atoms with Crippen molar-refractivity contribution in [3.05, 3.63) is 35.5 Å². The number of rotatable bonds is 4. The molecule has 0 aromatic carbocycles. The quantitative estimate of drug-likeness (QED) is 0.871. The van der Waals surface area contributed by atoms with E-state index in [1.807, 2.05) is 0 Å². The number of pyridine rings is 1. The minimum atomic E-state index is -3.68. The molecule has 0 aliphatic carbocycles. The summed E-state index contributed by atoms with van der Waals surface area (Å²) < 4.78 is 25.7. The van der Waals surface area contributed by atoms with Gasteiger partial charge in [0.15, 0.2) is 0 Å². The molecule has 0 aliphatic heterocycles. The first-order valence-corrected chi connectivity index (χ1v) is 7.08. The summed E-state index contributed by atoms with van der Waals surface area (Å²) in [4.78, 5) is 10.5.